The zero-order valence-electron chi connectivity index (χ0n) is 19.2. The maximum Gasteiger partial charge on any atom is 0.256 e. The summed E-state index contributed by atoms with van der Waals surface area (Å²) in [6.07, 6.45) is 5.22. The second kappa shape index (κ2) is 11.0. The first kappa shape index (κ1) is 23.5. The minimum Gasteiger partial charge on any atom is -0.364 e. The Morgan fingerprint density at radius 3 is 2.40 bits per heavy atom. The predicted molar refractivity (Wildman–Crippen MR) is 136 cm³/mol. The van der Waals surface area contributed by atoms with Crippen molar-refractivity contribution in [2.24, 2.45) is 7.05 Å². The van der Waals surface area contributed by atoms with Crippen LogP contribution in [0.5, 0.6) is 0 Å². The average Bonchev–Trinajstić information content (AvgIpc) is 3.25. The highest BCUT2D eigenvalue weighted by Crippen LogP contribution is 2.24. The number of carbonyl (C=O) groups excluding carboxylic acids is 2. The number of hydrogen-bond acceptors (Lipinski definition) is 4. The van der Waals surface area contributed by atoms with E-state index in [1.54, 1.807) is 42.1 Å². The van der Waals surface area contributed by atoms with Crippen molar-refractivity contribution in [1.29, 1.82) is 0 Å². The normalized spacial score (nSPS) is 10.4. The number of aryl methyl sites for hydroxylation is 1. The molecule has 0 spiro atoms. The quantitative estimate of drug-likeness (QED) is 0.291. The van der Waals surface area contributed by atoms with Crippen LogP contribution in [0.2, 0.25) is 0 Å². The molecule has 0 aliphatic carbocycles. The molecular formula is C28H24N4O3. The lowest BCUT2D eigenvalue weighted by atomic mass is 10.1. The topological polar surface area (TPSA) is 85.3 Å². The van der Waals surface area contributed by atoms with Crippen LogP contribution >= 0.6 is 0 Å². The van der Waals surface area contributed by atoms with E-state index in [0.29, 0.717) is 28.3 Å². The highest BCUT2D eigenvalue weighted by atomic mass is 16.5. The Kier molecular flexibility index (Phi) is 7.36. The highest BCUT2D eigenvalue weighted by Gasteiger charge is 2.13. The van der Waals surface area contributed by atoms with Gasteiger partial charge < -0.3 is 15.4 Å². The monoisotopic (exact) mass is 464 g/mol. The van der Waals surface area contributed by atoms with Crippen LogP contribution in [-0.2, 0) is 18.4 Å². The van der Waals surface area contributed by atoms with Crippen molar-refractivity contribution in [2.75, 3.05) is 17.2 Å². The Bertz CT molecular complexity index is 1370. The highest BCUT2D eigenvalue weighted by molar-refractivity contribution is 6.05. The molecule has 0 aliphatic heterocycles. The van der Waals surface area contributed by atoms with Crippen molar-refractivity contribution < 1.29 is 14.3 Å². The molecule has 1 aromatic heterocycles. The van der Waals surface area contributed by atoms with Crippen LogP contribution in [0.1, 0.15) is 26.3 Å². The van der Waals surface area contributed by atoms with Gasteiger partial charge in [-0.2, -0.15) is 5.10 Å². The number of hydrogen-bond donors (Lipinski definition) is 2. The van der Waals surface area contributed by atoms with E-state index in [-0.39, 0.29) is 25.0 Å². The van der Waals surface area contributed by atoms with Gasteiger partial charge in [-0.05, 0) is 35.9 Å². The van der Waals surface area contributed by atoms with Crippen molar-refractivity contribution in [2.45, 2.75) is 6.61 Å². The lowest BCUT2D eigenvalue weighted by molar-refractivity contribution is 0.101. The van der Waals surface area contributed by atoms with Gasteiger partial charge in [0.1, 0.15) is 12.4 Å². The van der Waals surface area contributed by atoms with Gasteiger partial charge in [-0.3, -0.25) is 14.3 Å². The summed E-state index contributed by atoms with van der Waals surface area (Å²) in [5.74, 6) is 2.56. The van der Waals surface area contributed by atoms with Crippen LogP contribution in [-0.4, -0.2) is 28.2 Å². The van der Waals surface area contributed by atoms with Gasteiger partial charge in [0.15, 0.2) is 0 Å². The molecule has 7 nitrogen and oxygen atoms in total. The molecule has 3 aromatic carbocycles. The number of nitrogens with one attached hydrogen (secondary N) is 2. The number of nitrogens with zero attached hydrogens (tertiary/aromatic N) is 2. The first-order valence-electron chi connectivity index (χ1n) is 11.0. The number of anilines is 2. The average molecular weight is 465 g/mol. The SMILES string of the molecule is C#CCOCc1ccccc1C(=O)Nc1ccc(-c2cc(NC(=O)c3ccccc3)n(C)n2)cc1. The molecule has 0 unspecified atom stereocenters. The summed E-state index contributed by atoms with van der Waals surface area (Å²) in [5, 5.41) is 10.3. The standard InChI is InChI=1S/C28H24N4O3/c1-3-17-35-19-22-11-7-8-12-24(22)28(34)29-23-15-13-20(14-16-23)25-18-26(32(2)31-25)30-27(33)21-9-5-4-6-10-21/h1,4-16,18H,17,19H2,2H3,(H,29,34)(H,30,33). The van der Waals surface area contributed by atoms with Gasteiger partial charge in [-0.25, -0.2) is 0 Å². The third-order valence-corrected chi connectivity index (χ3v) is 5.30. The van der Waals surface area contributed by atoms with E-state index in [9.17, 15) is 9.59 Å². The second-order valence-electron chi connectivity index (χ2n) is 7.74. The van der Waals surface area contributed by atoms with Gasteiger partial charge in [0, 0.05) is 35.5 Å². The summed E-state index contributed by atoms with van der Waals surface area (Å²) in [6.45, 7) is 0.443. The summed E-state index contributed by atoms with van der Waals surface area (Å²) in [4.78, 5) is 25.3. The van der Waals surface area contributed by atoms with E-state index < -0.39 is 0 Å². The Hall–Kier alpha value is -4.67. The van der Waals surface area contributed by atoms with Gasteiger partial charge >= 0.3 is 0 Å². The van der Waals surface area contributed by atoms with Gasteiger partial charge in [0.05, 0.1) is 12.3 Å². The van der Waals surface area contributed by atoms with Crippen molar-refractivity contribution in [3.63, 3.8) is 0 Å². The van der Waals surface area contributed by atoms with Gasteiger partial charge in [0.2, 0.25) is 0 Å². The Morgan fingerprint density at radius 2 is 1.66 bits per heavy atom. The number of terminal acetylenes is 1. The molecule has 2 N–H and O–H groups in total. The fourth-order valence-corrected chi connectivity index (χ4v) is 3.51. The Balaban J connectivity index is 1.44. The number of benzene rings is 3. The molecule has 0 fully saturated rings. The molecule has 0 saturated heterocycles. The number of rotatable bonds is 8. The van der Waals surface area contributed by atoms with Crippen molar-refractivity contribution in [3.05, 3.63) is 102 Å². The number of carbonyl (C=O) groups is 2. The predicted octanol–water partition coefficient (Wildman–Crippen LogP) is 4.74. The van der Waals surface area contributed by atoms with E-state index in [2.05, 4.69) is 21.7 Å². The lowest BCUT2D eigenvalue weighted by Crippen LogP contribution is -2.14. The van der Waals surface area contributed by atoms with Crippen molar-refractivity contribution in [1.82, 2.24) is 9.78 Å². The molecule has 0 aliphatic rings. The molecule has 174 valence electrons. The maximum absolute atomic E-state index is 12.8. The third kappa shape index (κ3) is 5.82. The molecule has 2 amide bonds. The fraction of sp³-hybridized carbons (Fsp3) is 0.107. The maximum atomic E-state index is 12.8. The summed E-state index contributed by atoms with van der Waals surface area (Å²) in [5.41, 5.74) is 4.05. The number of aromatic nitrogens is 2. The molecule has 1 heterocycles. The van der Waals surface area contributed by atoms with Crippen LogP contribution in [0.4, 0.5) is 11.5 Å². The molecule has 7 heteroatoms. The molecule has 0 radical (unpaired) electrons. The smallest absolute Gasteiger partial charge is 0.256 e. The second-order valence-corrected chi connectivity index (χ2v) is 7.74. The van der Waals surface area contributed by atoms with Gasteiger partial charge in [0.25, 0.3) is 11.8 Å². The minimum atomic E-state index is -0.235. The van der Waals surface area contributed by atoms with Gasteiger partial charge in [-0.1, -0.05) is 54.5 Å². The van der Waals surface area contributed by atoms with Crippen molar-refractivity contribution in [3.8, 4) is 23.6 Å². The summed E-state index contributed by atoms with van der Waals surface area (Å²) < 4.78 is 7.00. The molecule has 4 aromatic rings. The zero-order valence-corrected chi connectivity index (χ0v) is 19.2. The Morgan fingerprint density at radius 1 is 0.943 bits per heavy atom. The van der Waals surface area contributed by atoms with Crippen molar-refractivity contribution >= 4 is 23.3 Å². The van der Waals surface area contributed by atoms with Crippen LogP contribution in [0.25, 0.3) is 11.3 Å². The van der Waals surface area contributed by atoms with Crippen LogP contribution in [0.3, 0.4) is 0 Å². The van der Waals surface area contributed by atoms with E-state index in [1.807, 2.05) is 54.6 Å². The molecule has 0 bridgehead atoms. The minimum absolute atomic E-state index is 0.183. The zero-order chi connectivity index (χ0) is 24.6. The summed E-state index contributed by atoms with van der Waals surface area (Å²) >= 11 is 0. The molecule has 0 atom stereocenters. The summed E-state index contributed by atoms with van der Waals surface area (Å²) in [7, 11) is 1.77. The molecule has 0 saturated carbocycles. The van der Waals surface area contributed by atoms with Gasteiger partial charge in [-0.15, -0.1) is 6.42 Å². The van der Waals surface area contributed by atoms with E-state index in [1.165, 1.54) is 0 Å². The molecular weight excluding hydrogens is 440 g/mol. The lowest BCUT2D eigenvalue weighted by Gasteiger charge is -2.10. The Labute approximate surface area is 203 Å². The molecule has 4 rings (SSSR count). The number of ether oxygens (including phenoxy) is 1. The first-order chi connectivity index (χ1) is 17.0. The third-order valence-electron chi connectivity index (χ3n) is 5.30. The van der Waals surface area contributed by atoms with Crippen LogP contribution < -0.4 is 10.6 Å². The van der Waals surface area contributed by atoms with Crippen LogP contribution in [0.15, 0.2) is 84.9 Å². The largest absolute Gasteiger partial charge is 0.364 e. The summed E-state index contributed by atoms with van der Waals surface area (Å²) in [6, 6.07) is 25.4. The fourth-order valence-electron chi connectivity index (χ4n) is 3.51. The van der Waals surface area contributed by atoms with E-state index in [0.717, 1.165) is 11.1 Å². The number of amides is 2. The molecule has 35 heavy (non-hydrogen) atoms. The first-order valence-corrected chi connectivity index (χ1v) is 11.0. The van der Waals surface area contributed by atoms with Crippen LogP contribution in [0, 0.1) is 12.3 Å². The van der Waals surface area contributed by atoms with E-state index in [4.69, 9.17) is 11.2 Å². The van der Waals surface area contributed by atoms with E-state index >= 15 is 0 Å².